The van der Waals surface area contributed by atoms with E-state index in [0.717, 1.165) is 18.9 Å². The maximum atomic E-state index is 9.62. The van der Waals surface area contributed by atoms with Crippen molar-refractivity contribution in [3.8, 4) is 0 Å². The highest BCUT2D eigenvalue weighted by atomic mass is 16.3. The zero-order valence-electron chi connectivity index (χ0n) is 13.2. The topological polar surface area (TPSA) is 52.7 Å². The molecule has 4 nitrogen and oxygen atoms in total. The van der Waals surface area contributed by atoms with Gasteiger partial charge < -0.3 is 15.7 Å². The number of hydrogen-bond acceptors (Lipinski definition) is 4. The van der Waals surface area contributed by atoms with Crippen LogP contribution in [0.3, 0.4) is 0 Å². The molecule has 0 aromatic heterocycles. The minimum absolute atomic E-state index is 0.0706. The number of nitrogens with zero attached hydrogens (tertiary/aromatic N) is 2. The highest BCUT2D eigenvalue weighted by Gasteiger charge is 2.25. The Bertz CT molecular complexity index is 240. The third kappa shape index (κ3) is 5.78. The van der Waals surface area contributed by atoms with Crippen molar-refractivity contribution in [3.05, 3.63) is 0 Å². The Balaban J connectivity index is 2.42. The van der Waals surface area contributed by atoms with Gasteiger partial charge in [-0.3, -0.25) is 4.90 Å². The molecule has 2 atom stereocenters. The molecule has 114 valence electrons. The monoisotopic (exact) mass is 271 g/mol. The smallest absolute Gasteiger partial charge is 0.0601 e. The van der Waals surface area contributed by atoms with Crippen molar-refractivity contribution in [3.63, 3.8) is 0 Å². The van der Waals surface area contributed by atoms with Crippen LogP contribution in [0.15, 0.2) is 0 Å². The highest BCUT2D eigenvalue weighted by molar-refractivity contribution is 4.83. The maximum absolute atomic E-state index is 9.62. The number of likely N-dealkylation sites (tertiary alicyclic amines) is 1. The van der Waals surface area contributed by atoms with Crippen LogP contribution in [0, 0.1) is 11.8 Å². The van der Waals surface area contributed by atoms with Crippen molar-refractivity contribution >= 4 is 0 Å². The summed E-state index contributed by atoms with van der Waals surface area (Å²) in [6, 6.07) is 0.170. The van der Waals surface area contributed by atoms with E-state index < -0.39 is 0 Å². The van der Waals surface area contributed by atoms with E-state index in [2.05, 4.69) is 37.7 Å². The molecule has 3 N–H and O–H groups in total. The van der Waals surface area contributed by atoms with Gasteiger partial charge in [-0.1, -0.05) is 13.8 Å². The zero-order chi connectivity index (χ0) is 14.4. The minimum atomic E-state index is 0.0706. The molecule has 1 aliphatic rings. The van der Waals surface area contributed by atoms with Crippen LogP contribution in [-0.4, -0.2) is 67.3 Å². The molecule has 4 heteroatoms. The van der Waals surface area contributed by atoms with E-state index in [9.17, 15) is 5.11 Å². The van der Waals surface area contributed by atoms with Crippen LogP contribution in [0.2, 0.25) is 0 Å². The van der Waals surface area contributed by atoms with Gasteiger partial charge in [0.1, 0.15) is 0 Å². The number of piperidine rings is 1. The second-order valence-electron chi connectivity index (χ2n) is 6.73. The van der Waals surface area contributed by atoms with Crippen molar-refractivity contribution in [2.24, 2.45) is 17.6 Å². The molecule has 1 saturated heterocycles. The molecule has 0 aromatic rings. The minimum Gasteiger partial charge on any atom is -0.395 e. The standard InChI is InChI=1S/C15H33N3O/c1-12(2)9-14(16)15(11-19)18(4)10-13-5-7-17(3)8-6-13/h12-15,19H,5-11,16H2,1-4H3. The summed E-state index contributed by atoms with van der Waals surface area (Å²) in [4.78, 5) is 4.67. The number of hydrogen-bond donors (Lipinski definition) is 2. The van der Waals surface area contributed by atoms with Crippen molar-refractivity contribution in [1.29, 1.82) is 0 Å². The molecule has 1 heterocycles. The Labute approximate surface area is 118 Å². The number of aliphatic hydroxyl groups excluding tert-OH is 1. The molecule has 2 unspecified atom stereocenters. The van der Waals surface area contributed by atoms with Crippen LogP contribution >= 0.6 is 0 Å². The first kappa shape index (κ1) is 16.9. The van der Waals surface area contributed by atoms with E-state index >= 15 is 0 Å². The normalized spacial score (nSPS) is 22.1. The lowest BCUT2D eigenvalue weighted by Gasteiger charge is -2.37. The van der Waals surface area contributed by atoms with Gasteiger partial charge in [-0.05, 0) is 58.3 Å². The van der Waals surface area contributed by atoms with E-state index in [-0.39, 0.29) is 18.7 Å². The van der Waals surface area contributed by atoms with Gasteiger partial charge in [-0.2, -0.15) is 0 Å². The fourth-order valence-electron chi connectivity index (χ4n) is 3.09. The third-order valence-electron chi connectivity index (χ3n) is 4.38. The summed E-state index contributed by atoms with van der Waals surface area (Å²) in [5.74, 6) is 1.34. The van der Waals surface area contributed by atoms with Crippen molar-refractivity contribution in [2.75, 3.05) is 40.3 Å². The van der Waals surface area contributed by atoms with Crippen LogP contribution in [0.5, 0.6) is 0 Å². The van der Waals surface area contributed by atoms with Crippen LogP contribution in [0.4, 0.5) is 0 Å². The molecule has 0 aromatic carbocycles. The largest absolute Gasteiger partial charge is 0.395 e. The van der Waals surface area contributed by atoms with E-state index in [1.165, 1.54) is 25.9 Å². The fourth-order valence-corrected chi connectivity index (χ4v) is 3.09. The van der Waals surface area contributed by atoms with E-state index in [1.807, 2.05) is 0 Å². The Kier molecular flexibility index (Phi) is 7.29. The summed E-state index contributed by atoms with van der Waals surface area (Å²) >= 11 is 0. The lowest BCUT2D eigenvalue weighted by atomic mass is 9.94. The van der Waals surface area contributed by atoms with Gasteiger partial charge >= 0.3 is 0 Å². The predicted molar refractivity (Wildman–Crippen MR) is 81.2 cm³/mol. The lowest BCUT2D eigenvalue weighted by molar-refractivity contribution is 0.0909. The Morgan fingerprint density at radius 1 is 1.32 bits per heavy atom. The second kappa shape index (κ2) is 8.20. The van der Waals surface area contributed by atoms with Crippen LogP contribution in [-0.2, 0) is 0 Å². The summed E-state index contributed by atoms with van der Waals surface area (Å²) in [5, 5.41) is 9.62. The molecule has 19 heavy (non-hydrogen) atoms. The summed E-state index contributed by atoms with van der Waals surface area (Å²) in [5.41, 5.74) is 6.25. The molecule has 1 aliphatic heterocycles. The molecule has 0 aliphatic carbocycles. The molecule has 0 amide bonds. The maximum Gasteiger partial charge on any atom is 0.0601 e. The van der Waals surface area contributed by atoms with Gasteiger partial charge in [0.15, 0.2) is 0 Å². The average molecular weight is 271 g/mol. The van der Waals surface area contributed by atoms with Gasteiger partial charge in [0.05, 0.1) is 6.61 Å². The first-order valence-corrected chi connectivity index (χ1v) is 7.69. The highest BCUT2D eigenvalue weighted by Crippen LogP contribution is 2.19. The Morgan fingerprint density at radius 3 is 2.37 bits per heavy atom. The first-order chi connectivity index (χ1) is 8.93. The number of nitrogens with two attached hydrogens (primary N) is 1. The van der Waals surface area contributed by atoms with Gasteiger partial charge in [-0.15, -0.1) is 0 Å². The molecule has 0 spiro atoms. The van der Waals surface area contributed by atoms with Crippen molar-refractivity contribution in [2.45, 2.75) is 45.2 Å². The van der Waals surface area contributed by atoms with Gasteiger partial charge in [0.2, 0.25) is 0 Å². The Morgan fingerprint density at radius 2 is 1.89 bits per heavy atom. The van der Waals surface area contributed by atoms with Gasteiger partial charge in [0.25, 0.3) is 0 Å². The van der Waals surface area contributed by atoms with Crippen LogP contribution < -0.4 is 5.73 Å². The van der Waals surface area contributed by atoms with Crippen LogP contribution in [0.25, 0.3) is 0 Å². The van der Waals surface area contributed by atoms with Crippen molar-refractivity contribution in [1.82, 2.24) is 9.80 Å². The Hall–Kier alpha value is -0.160. The predicted octanol–water partition coefficient (Wildman–Crippen LogP) is 0.994. The average Bonchev–Trinajstić information content (AvgIpc) is 2.32. The molecule has 0 radical (unpaired) electrons. The second-order valence-corrected chi connectivity index (χ2v) is 6.73. The number of rotatable bonds is 7. The third-order valence-corrected chi connectivity index (χ3v) is 4.38. The van der Waals surface area contributed by atoms with Crippen LogP contribution in [0.1, 0.15) is 33.1 Å². The number of likely N-dealkylation sites (N-methyl/N-ethyl adjacent to an activating group) is 1. The number of aliphatic hydroxyl groups is 1. The summed E-state index contributed by atoms with van der Waals surface area (Å²) in [7, 11) is 4.30. The molecular formula is C15H33N3O. The summed E-state index contributed by atoms with van der Waals surface area (Å²) in [6.45, 7) is 7.99. The SMILES string of the molecule is CC(C)CC(N)C(CO)N(C)CC1CCN(C)CC1. The van der Waals surface area contributed by atoms with Gasteiger partial charge in [0, 0.05) is 18.6 Å². The quantitative estimate of drug-likeness (QED) is 0.725. The van der Waals surface area contributed by atoms with Gasteiger partial charge in [-0.25, -0.2) is 0 Å². The molecule has 1 rings (SSSR count). The summed E-state index contributed by atoms with van der Waals surface area (Å²) in [6.07, 6.45) is 3.50. The molecule has 1 fully saturated rings. The zero-order valence-corrected chi connectivity index (χ0v) is 13.2. The fraction of sp³-hybridized carbons (Fsp3) is 1.00. The van der Waals surface area contributed by atoms with E-state index in [1.54, 1.807) is 0 Å². The summed E-state index contributed by atoms with van der Waals surface area (Å²) < 4.78 is 0. The lowest BCUT2D eigenvalue weighted by Crippen LogP contribution is -2.51. The molecule has 0 saturated carbocycles. The first-order valence-electron chi connectivity index (χ1n) is 7.69. The van der Waals surface area contributed by atoms with E-state index in [4.69, 9.17) is 5.73 Å². The molecule has 0 bridgehead atoms. The molecular weight excluding hydrogens is 238 g/mol. The van der Waals surface area contributed by atoms with Crippen molar-refractivity contribution < 1.29 is 5.11 Å². The van der Waals surface area contributed by atoms with E-state index in [0.29, 0.717) is 5.92 Å².